The predicted molar refractivity (Wildman–Crippen MR) is 52.2 cm³/mol. The van der Waals surface area contributed by atoms with Gasteiger partial charge in [0.15, 0.2) is 5.96 Å². The molecule has 1 atom stereocenters. The van der Waals surface area contributed by atoms with Crippen molar-refractivity contribution in [1.82, 2.24) is 5.32 Å². The van der Waals surface area contributed by atoms with Crippen molar-refractivity contribution in [1.29, 1.82) is 0 Å². The Hall–Kier alpha value is -0.730. The zero-order valence-electron chi connectivity index (χ0n) is 8.06. The van der Waals surface area contributed by atoms with Crippen molar-refractivity contribution in [2.24, 2.45) is 10.7 Å². The summed E-state index contributed by atoms with van der Waals surface area (Å²) in [4.78, 5) is 4.20. The van der Waals surface area contributed by atoms with Gasteiger partial charge >= 0.3 is 0 Å². The van der Waals surface area contributed by atoms with Crippen LogP contribution in [0.3, 0.4) is 0 Å². The van der Waals surface area contributed by atoms with Crippen molar-refractivity contribution < 1.29 is 0 Å². The van der Waals surface area contributed by atoms with Crippen molar-refractivity contribution >= 4 is 5.96 Å². The normalized spacial score (nSPS) is 28.3. The molecule has 0 saturated heterocycles. The molecule has 1 unspecified atom stereocenters. The van der Waals surface area contributed by atoms with Gasteiger partial charge in [0.05, 0.1) is 12.1 Å². The highest BCUT2D eigenvalue weighted by molar-refractivity contribution is 5.80. The molecule has 3 nitrogen and oxygen atoms in total. The van der Waals surface area contributed by atoms with Gasteiger partial charge < -0.3 is 11.1 Å². The number of rotatable bonds is 4. The highest BCUT2D eigenvalue weighted by Gasteiger charge is 2.31. The zero-order chi connectivity index (χ0) is 9.03. The topological polar surface area (TPSA) is 50.4 Å². The van der Waals surface area contributed by atoms with Crippen molar-refractivity contribution in [2.75, 3.05) is 6.54 Å². The second kappa shape index (κ2) is 3.78. The number of guanidine groups is 1. The summed E-state index contributed by atoms with van der Waals surface area (Å²) in [5, 5.41) is 3.28. The number of nitrogens with two attached hydrogens (primary N) is 1. The van der Waals surface area contributed by atoms with Crippen molar-refractivity contribution in [2.45, 2.75) is 45.1 Å². The molecule has 0 aromatic carbocycles. The first-order chi connectivity index (χ1) is 5.72. The number of hydrogen-bond donors (Lipinski definition) is 2. The summed E-state index contributed by atoms with van der Waals surface area (Å²) in [6.45, 7) is 5.26. The zero-order valence-corrected chi connectivity index (χ0v) is 8.06. The monoisotopic (exact) mass is 169 g/mol. The van der Waals surface area contributed by atoms with Gasteiger partial charge in [-0.2, -0.15) is 0 Å². The van der Waals surface area contributed by atoms with Crippen LogP contribution in [0.5, 0.6) is 0 Å². The van der Waals surface area contributed by atoms with Gasteiger partial charge in [0.1, 0.15) is 0 Å². The summed E-state index contributed by atoms with van der Waals surface area (Å²) >= 11 is 0. The van der Waals surface area contributed by atoms with Crippen molar-refractivity contribution in [3.05, 3.63) is 0 Å². The van der Waals surface area contributed by atoms with Crippen LogP contribution in [0.1, 0.15) is 39.5 Å². The summed E-state index contributed by atoms with van der Waals surface area (Å²) in [5.41, 5.74) is 5.78. The smallest absolute Gasteiger partial charge is 0.189 e. The Morgan fingerprint density at radius 1 is 1.58 bits per heavy atom. The molecule has 3 N–H and O–H groups in total. The molecule has 0 saturated carbocycles. The lowest BCUT2D eigenvalue weighted by atomic mass is 9.91. The number of nitrogens with one attached hydrogen (secondary N) is 1. The predicted octanol–water partition coefficient (Wildman–Crippen LogP) is 1.24. The van der Waals surface area contributed by atoms with E-state index in [2.05, 4.69) is 24.2 Å². The van der Waals surface area contributed by atoms with E-state index in [0.29, 0.717) is 5.96 Å². The average Bonchev–Trinajstić information content (AvgIpc) is 2.45. The molecule has 0 aromatic heterocycles. The van der Waals surface area contributed by atoms with Gasteiger partial charge in [0.2, 0.25) is 0 Å². The Bertz CT molecular complexity index is 177. The lowest BCUT2D eigenvalue weighted by Gasteiger charge is -2.27. The van der Waals surface area contributed by atoms with Crippen molar-refractivity contribution in [3.8, 4) is 0 Å². The fraction of sp³-hybridized carbons (Fsp3) is 0.889. The molecule has 0 amide bonds. The van der Waals surface area contributed by atoms with Crippen LogP contribution in [-0.2, 0) is 0 Å². The van der Waals surface area contributed by atoms with Crippen LogP contribution in [0, 0.1) is 0 Å². The molecule has 0 aliphatic carbocycles. The Morgan fingerprint density at radius 2 is 2.33 bits per heavy atom. The highest BCUT2D eigenvalue weighted by atomic mass is 15.2. The van der Waals surface area contributed by atoms with E-state index in [0.717, 1.165) is 13.0 Å². The summed E-state index contributed by atoms with van der Waals surface area (Å²) in [6, 6.07) is 0. The molecule has 0 aromatic rings. The Labute approximate surface area is 74.4 Å². The lowest BCUT2D eigenvalue weighted by molar-refractivity contribution is 0.357. The van der Waals surface area contributed by atoms with Crippen LogP contribution in [0.15, 0.2) is 4.99 Å². The average molecular weight is 169 g/mol. The molecule has 0 radical (unpaired) electrons. The number of hydrogen-bond acceptors (Lipinski definition) is 3. The molecule has 1 heterocycles. The molecule has 0 bridgehead atoms. The molecule has 0 fully saturated rings. The van der Waals surface area contributed by atoms with Crippen molar-refractivity contribution in [3.63, 3.8) is 0 Å². The Kier molecular flexibility index (Phi) is 2.95. The van der Waals surface area contributed by atoms with Gasteiger partial charge in [-0.25, -0.2) is 0 Å². The summed E-state index contributed by atoms with van der Waals surface area (Å²) < 4.78 is 0. The molecular weight excluding hydrogens is 150 g/mol. The van der Waals surface area contributed by atoms with E-state index in [1.807, 2.05) is 0 Å². The molecule has 3 heteroatoms. The van der Waals surface area contributed by atoms with E-state index >= 15 is 0 Å². The van der Waals surface area contributed by atoms with Gasteiger partial charge in [-0.15, -0.1) is 0 Å². The van der Waals surface area contributed by atoms with Gasteiger partial charge in [0.25, 0.3) is 0 Å². The van der Waals surface area contributed by atoms with Crippen LogP contribution in [0.4, 0.5) is 0 Å². The third-order valence-corrected chi connectivity index (χ3v) is 2.63. The van der Waals surface area contributed by atoms with Gasteiger partial charge in [-0.3, -0.25) is 4.99 Å². The van der Waals surface area contributed by atoms with E-state index < -0.39 is 0 Å². The fourth-order valence-electron chi connectivity index (χ4n) is 1.62. The second-order valence-corrected chi connectivity index (χ2v) is 3.56. The third-order valence-electron chi connectivity index (χ3n) is 2.63. The molecule has 1 aliphatic heterocycles. The minimum absolute atomic E-state index is 0.181. The Balaban J connectivity index is 2.44. The fourth-order valence-corrected chi connectivity index (χ4v) is 1.62. The maximum Gasteiger partial charge on any atom is 0.189 e. The summed E-state index contributed by atoms with van der Waals surface area (Å²) in [5.74, 6) is 0.618. The van der Waals surface area contributed by atoms with Gasteiger partial charge in [0, 0.05) is 0 Å². The lowest BCUT2D eigenvalue weighted by Crippen LogP contribution is -2.47. The molecule has 0 spiro atoms. The highest BCUT2D eigenvalue weighted by Crippen LogP contribution is 2.21. The maximum atomic E-state index is 5.60. The number of unbranched alkanes of at least 4 members (excludes halogenated alkanes) is 1. The van der Waals surface area contributed by atoms with Gasteiger partial charge in [-0.05, 0) is 12.8 Å². The largest absolute Gasteiger partial charge is 0.370 e. The first kappa shape index (κ1) is 9.36. The van der Waals surface area contributed by atoms with E-state index in [1.54, 1.807) is 0 Å². The standard InChI is InChI=1S/C9H19N3/c1-3-5-6-9(4-2)7-11-8(10)12-9/h3-7H2,1-2H3,(H3,10,11,12). The van der Waals surface area contributed by atoms with Crippen LogP contribution in [-0.4, -0.2) is 18.0 Å². The molecular formula is C9H19N3. The van der Waals surface area contributed by atoms with E-state index in [-0.39, 0.29) is 5.54 Å². The molecule has 1 rings (SSSR count). The SMILES string of the molecule is CCCCC1(CC)CN=C(N)N1. The molecule has 70 valence electrons. The number of aliphatic imine (C=N–C) groups is 1. The summed E-state index contributed by atoms with van der Waals surface area (Å²) in [6.07, 6.45) is 4.79. The van der Waals surface area contributed by atoms with Crippen LogP contribution >= 0.6 is 0 Å². The van der Waals surface area contributed by atoms with Crippen LogP contribution < -0.4 is 11.1 Å². The first-order valence-electron chi connectivity index (χ1n) is 4.80. The van der Waals surface area contributed by atoms with Crippen LogP contribution in [0.25, 0.3) is 0 Å². The number of nitrogens with zero attached hydrogens (tertiary/aromatic N) is 1. The third kappa shape index (κ3) is 1.90. The minimum atomic E-state index is 0.181. The van der Waals surface area contributed by atoms with Gasteiger partial charge in [-0.1, -0.05) is 26.7 Å². The first-order valence-corrected chi connectivity index (χ1v) is 4.80. The van der Waals surface area contributed by atoms with E-state index in [1.165, 1.54) is 19.3 Å². The summed E-state index contributed by atoms with van der Waals surface area (Å²) in [7, 11) is 0. The van der Waals surface area contributed by atoms with Crippen LogP contribution in [0.2, 0.25) is 0 Å². The maximum absolute atomic E-state index is 5.60. The molecule has 1 aliphatic rings. The second-order valence-electron chi connectivity index (χ2n) is 3.56. The quantitative estimate of drug-likeness (QED) is 0.665. The van der Waals surface area contributed by atoms with E-state index in [9.17, 15) is 0 Å². The Morgan fingerprint density at radius 3 is 2.75 bits per heavy atom. The van der Waals surface area contributed by atoms with E-state index in [4.69, 9.17) is 5.73 Å². The molecule has 12 heavy (non-hydrogen) atoms. The minimum Gasteiger partial charge on any atom is -0.370 e.